The van der Waals surface area contributed by atoms with Crippen LogP contribution in [0.4, 0.5) is 5.69 Å². The third-order valence-electron chi connectivity index (χ3n) is 5.06. The highest BCUT2D eigenvalue weighted by Crippen LogP contribution is 2.32. The summed E-state index contributed by atoms with van der Waals surface area (Å²) in [6.07, 6.45) is 8.18. The van der Waals surface area contributed by atoms with Crippen molar-refractivity contribution < 1.29 is 0 Å². The quantitative estimate of drug-likeness (QED) is 0.376. The number of aromatic nitrogens is 5. The molecule has 6 nitrogen and oxygen atoms in total. The molecule has 5 rings (SSSR count). The van der Waals surface area contributed by atoms with Crippen molar-refractivity contribution in [1.29, 1.82) is 0 Å². The van der Waals surface area contributed by atoms with Crippen LogP contribution in [0, 0.1) is 0 Å². The Kier molecular flexibility index (Phi) is 4.09. The van der Waals surface area contributed by atoms with E-state index in [0.29, 0.717) is 0 Å². The summed E-state index contributed by atoms with van der Waals surface area (Å²) in [7, 11) is 0. The first-order valence-corrected chi connectivity index (χ1v) is 9.52. The fraction of sp³-hybridized carbons (Fsp3) is 0.0870. The highest BCUT2D eigenvalue weighted by Gasteiger charge is 2.12. The summed E-state index contributed by atoms with van der Waals surface area (Å²) < 4.78 is 0. The molecule has 0 spiro atoms. The fourth-order valence-corrected chi connectivity index (χ4v) is 3.46. The van der Waals surface area contributed by atoms with Gasteiger partial charge in [-0.15, -0.1) is 0 Å². The van der Waals surface area contributed by atoms with Crippen molar-refractivity contribution in [2.45, 2.75) is 13.3 Å². The summed E-state index contributed by atoms with van der Waals surface area (Å²) in [5.41, 5.74) is 7.90. The number of fused-ring (bicyclic) bond motifs is 2. The Morgan fingerprint density at radius 2 is 1.93 bits per heavy atom. The summed E-state index contributed by atoms with van der Waals surface area (Å²) in [5.74, 6) is 0. The van der Waals surface area contributed by atoms with E-state index in [1.165, 1.54) is 0 Å². The van der Waals surface area contributed by atoms with E-state index >= 15 is 0 Å². The van der Waals surface area contributed by atoms with Gasteiger partial charge in [-0.25, -0.2) is 0 Å². The lowest BCUT2D eigenvalue weighted by atomic mass is 10.0. The number of allylic oxidation sites excluding steroid dienone is 1. The molecule has 0 bridgehead atoms. The zero-order valence-corrected chi connectivity index (χ0v) is 16.0. The second-order valence-electron chi connectivity index (χ2n) is 7.02. The van der Waals surface area contributed by atoms with Gasteiger partial charge in [0.1, 0.15) is 5.69 Å². The topological polar surface area (TPSA) is 82.3 Å². The van der Waals surface area contributed by atoms with Crippen LogP contribution in [-0.4, -0.2) is 25.1 Å². The maximum absolute atomic E-state index is 4.55. The van der Waals surface area contributed by atoms with E-state index in [-0.39, 0.29) is 0 Å². The normalized spacial score (nSPS) is 11.2. The van der Waals surface area contributed by atoms with Crippen LogP contribution < -0.4 is 5.32 Å². The molecule has 0 radical (unpaired) electrons. The van der Waals surface area contributed by atoms with Gasteiger partial charge in [0.2, 0.25) is 0 Å². The first kappa shape index (κ1) is 17.2. The van der Waals surface area contributed by atoms with Crippen molar-refractivity contribution in [2.75, 3.05) is 5.32 Å². The molecule has 0 unspecified atom stereocenters. The number of H-pyrrole nitrogens is 2. The lowest BCUT2D eigenvalue weighted by molar-refractivity contribution is 1.11. The summed E-state index contributed by atoms with van der Waals surface area (Å²) in [4.78, 5) is 12.0. The minimum Gasteiger partial charge on any atom is -0.358 e. The van der Waals surface area contributed by atoms with E-state index in [0.717, 1.165) is 62.1 Å². The number of anilines is 1. The van der Waals surface area contributed by atoms with Crippen LogP contribution in [0.2, 0.25) is 0 Å². The predicted octanol–water partition coefficient (Wildman–Crippen LogP) is 5.50. The molecule has 1 aromatic carbocycles. The first-order valence-electron chi connectivity index (χ1n) is 9.52. The number of pyridine rings is 2. The molecule has 0 fully saturated rings. The summed E-state index contributed by atoms with van der Waals surface area (Å²) in [6, 6.07) is 12.4. The van der Waals surface area contributed by atoms with Gasteiger partial charge < -0.3 is 10.3 Å². The van der Waals surface area contributed by atoms with Gasteiger partial charge in [-0.2, -0.15) is 5.10 Å². The second kappa shape index (κ2) is 6.91. The molecule has 0 aliphatic carbocycles. The van der Waals surface area contributed by atoms with E-state index in [9.17, 15) is 0 Å². The second-order valence-corrected chi connectivity index (χ2v) is 7.02. The molecule has 142 valence electrons. The number of benzene rings is 1. The number of nitrogens with zero attached hydrogens (tertiary/aromatic N) is 3. The fourth-order valence-electron chi connectivity index (χ4n) is 3.46. The van der Waals surface area contributed by atoms with Gasteiger partial charge in [0.25, 0.3) is 0 Å². The summed E-state index contributed by atoms with van der Waals surface area (Å²) in [6.45, 7) is 6.08. The van der Waals surface area contributed by atoms with E-state index < -0.39 is 0 Å². The van der Waals surface area contributed by atoms with Crippen molar-refractivity contribution >= 4 is 27.5 Å². The van der Waals surface area contributed by atoms with E-state index in [1.807, 2.05) is 24.7 Å². The lowest BCUT2D eigenvalue weighted by Gasteiger charge is -2.09. The highest BCUT2D eigenvalue weighted by atomic mass is 15.1. The highest BCUT2D eigenvalue weighted by molar-refractivity contribution is 5.97. The molecular formula is C23H20N6. The van der Waals surface area contributed by atoms with Gasteiger partial charge in [-0.1, -0.05) is 19.6 Å². The van der Waals surface area contributed by atoms with Gasteiger partial charge in [0.15, 0.2) is 0 Å². The van der Waals surface area contributed by atoms with Crippen LogP contribution in [0.15, 0.2) is 73.5 Å². The molecule has 29 heavy (non-hydrogen) atoms. The van der Waals surface area contributed by atoms with Crippen molar-refractivity contribution in [3.05, 3.63) is 73.5 Å². The third-order valence-corrected chi connectivity index (χ3v) is 5.06. The van der Waals surface area contributed by atoms with Crippen molar-refractivity contribution in [3.63, 3.8) is 0 Å². The molecule has 0 aliphatic heterocycles. The Balaban J connectivity index is 1.58. The first-order chi connectivity index (χ1) is 14.2. The SMILES string of the molecule is C=C(CC)Nc1cncc(-c2ccc3[nH]nc(-c4cc5cnccc5[nH]4)c3c2)c1. The molecule has 0 saturated carbocycles. The third kappa shape index (κ3) is 3.14. The molecule has 5 aromatic rings. The van der Waals surface area contributed by atoms with Gasteiger partial charge in [-0.3, -0.25) is 15.1 Å². The van der Waals surface area contributed by atoms with Crippen LogP contribution in [-0.2, 0) is 0 Å². The molecule has 4 aromatic heterocycles. The Morgan fingerprint density at radius 3 is 2.79 bits per heavy atom. The van der Waals surface area contributed by atoms with Crippen LogP contribution in [0.1, 0.15) is 13.3 Å². The predicted molar refractivity (Wildman–Crippen MR) is 117 cm³/mol. The summed E-state index contributed by atoms with van der Waals surface area (Å²) in [5, 5.41) is 13.1. The van der Waals surface area contributed by atoms with Gasteiger partial charge >= 0.3 is 0 Å². The molecule has 6 heteroatoms. The molecule has 4 heterocycles. The van der Waals surface area contributed by atoms with Crippen LogP contribution in [0.5, 0.6) is 0 Å². The van der Waals surface area contributed by atoms with Crippen LogP contribution >= 0.6 is 0 Å². The van der Waals surface area contributed by atoms with E-state index in [4.69, 9.17) is 0 Å². The number of hydrogen-bond acceptors (Lipinski definition) is 4. The number of hydrogen-bond donors (Lipinski definition) is 3. The van der Waals surface area contributed by atoms with Crippen LogP contribution in [0.3, 0.4) is 0 Å². The summed E-state index contributed by atoms with van der Waals surface area (Å²) >= 11 is 0. The number of nitrogens with one attached hydrogen (secondary N) is 3. The largest absolute Gasteiger partial charge is 0.358 e. The zero-order valence-electron chi connectivity index (χ0n) is 16.0. The Morgan fingerprint density at radius 1 is 1.00 bits per heavy atom. The smallest absolute Gasteiger partial charge is 0.116 e. The number of aromatic amines is 2. The Labute approximate surface area is 167 Å². The minimum absolute atomic E-state index is 0.870. The van der Waals surface area contributed by atoms with E-state index in [1.54, 1.807) is 6.20 Å². The van der Waals surface area contributed by atoms with Gasteiger partial charge in [0, 0.05) is 46.1 Å². The zero-order chi connectivity index (χ0) is 19.8. The maximum Gasteiger partial charge on any atom is 0.116 e. The molecule has 0 saturated heterocycles. The van der Waals surface area contributed by atoms with Crippen molar-refractivity contribution in [3.8, 4) is 22.5 Å². The van der Waals surface area contributed by atoms with Gasteiger partial charge in [0.05, 0.1) is 23.1 Å². The maximum atomic E-state index is 4.55. The van der Waals surface area contributed by atoms with Crippen LogP contribution in [0.25, 0.3) is 44.3 Å². The molecule has 3 N–H and O–H groups in total. The van der Waals surface area contributed by atoms with Crippen molar-refractivity contribution in [1.82, 2.24) is 25.1 Å². The molecular weight excluding hydrogens is 360 g/mol. The monoisotopic (exact) mass is 380 g/mol. The molecule has 0 aliphatic rings. The van der Waals surface area contributed by atoms with Crippen molar-refractivity contribution in [2.24, 2.45) is 0 Å². The number of rotatable bonds is 5. The average Bonchev–Trinajstić information content (AvgIpc) is 3.37. The average molecular weight is 380 g/mol. The molecule has 0 atom stereocenters. The van der Waals surface area contributed by atoms with Gasteiger partial charge in [-0.05, 0) is 42.3 Å². The standard InChI is InChI=1S/C23H20N6/c1-3-14(2)26-18-8-16(11-25-13-18)15-4-5-21-19(9-15)23(29-28-21)22-10-17-12-24-7-6-20(17)27-22/h4-13,26-27H,2-3H2,1H3,(H,28,29). The molecule has 0 amide bonds. The van der Waals surface area contributed by atoms with E-state index in [2.05, 4.69) is 74.3 Å². The Bertz CT molecular complexity index is 1310. The minimum atomic E-state index is 0.870. The lowest BCUT2D eigenvalue weighted by Crippen LogP contribution is -1.97. The Hall–Kier alpha value is -3.93.